The van der Waals surface area contributed by atoms with E-state index in [9.17, 15) is 14.7 Å². The van der Waals surface area contributed by atoms with Gasteiger partial charge < -0.3 is 19.9 Å². The first-order chi connectivity index (χ1) is 16.1. The summed E-state index contributed by atoms with van der Waals surface area (Å²) < 4.78 is 11.5. The summed E-state index contributed by atoms with van der Waals surface area (Å²) in [5.74, 6) is -0.412. The van der Waals surface area contributed by atoms with E-state index in [0.29, 0.717) is 41.3 Å². The van der Waals surface area contributed by atoms with Crippen LogP contribution >= 0.6 is 35.0 Å². The van der Waals surface area contributed by atoms with Crippen LogP contribution in [0.2, 0.25) is 0 Å². The number of allylic oxidation sites excluding steroid dienone is 4. The third-order valence-electron chi connectivity index (χ3n) is 5.81. The Hall–Kier alpha value is -1.29. The maximum Gasteiger partial charge on any atom is 0.335 e. The van der Waals surface area contributed by atoms with Gasteiger partial charge in [-0.25, -0.2) is 4.79 Å². The molecule has 0 aromatic rings. The molecular weight excluding hydrogens is 499 g/mol. The first-order valence-corrected chi connectivity index (χ1v) is 13.1. The Bertz CT molecular complexity index is 887. The summed E-state index contributed by atoms with van der Waals surface area (Å²) >= 11 is 13.6. The molecule has 2 N–H and O–H groups in total. The predicted molar refractivity (Wildman–Crippen MR) is 136 cm³/mol. The Morgan fingerprint density at radius 2 is 2.09 bits per heavy atom. The lowest BCUT2D eigenvalue weighted by Gasteiger charge is -2.35. The molecule has 0 saturated carbocycles. The minimum atomic E-state index is -1.24. The van der Waals surface area contributed by atoms with Crippen LogP contribution < -0.4 is 5.32 Å². The SMILES string of the molecule is CC(C)(OC1C=CC(SCC(=O)NC[C@H]2CN(CC3C=C(Cl)C(Cl)=CC3)CCO2)=CC1)C(=O)O. The first-order valence-electron chi connectivity index (χ1n) is 11.4. The highest BCUT2D eigenvalue weighted by Gasteiger charge is 2.31. The van der Waals surface area contributed by atoms with E-state index in [4.69, 9.17) is 32.7 Å². The Morgan fingerprint density at radius 1 is 1.29 bits per heavy atom. The standard InChI is InChI=1S/C24H32Cl2N2O5S/c1-24(2,23(30)31)33-17-4-6-19(7-5-17)34-15-22(29)27-12-18-14-28(9-10-32-18)13-16-3-8-20(25)21(26)11-16/h4,6-8,11,16-18H,3,5,9-10,12-15H2,1-2H3,(H,27,29)(H,30,31)/t16?,17?,18-/m0/s1. The molecule has 0 radical (unpaired) electrons. The zero-order chi connectivity index (χ0) is 24.7. The van der Waals surface area contributed by atoms with E-state index in [2.05, 4.69) is 10.2 Å². The van der Waals surface area contributed by atoms with Crippen LogP contribution in [0.25, 0.3) is 0 Å². The molecule has 1 saturated heterocycles. The number of morpholine rings is 1. The van der Waals surface area contributed by atoms with E-state index in [1.165, 1.54) is 25.6 Å². The van der Waals surface area contributed by atoms with Crippen molar-refractivity contribution in [2.45, 2.75) is 44.5 Å². The molecule has 1 aliphatic heterocycles. The minimum absolute atomic E-state index is 0.0471. The Morgan fingerprint density at radius 3 is 2.76 bits per heavy atom. The Balaban J connectivity index is 1.34. The molecule has 0 aromatic carbocycles. The molecule has 0 spiro atoms. The van der Waals surface area contributed by atoms with Gasteiger partial charge in [0.1, 0.15) is 0 Å². The highest BCUT2D eigenvalue weighted by atomic mass is 35.5. The maximum absolute atomic E-state index is 12.3. The average Bonchev–Trinajstić information content (AvgIpc) is 2.79. The third-order valence-corrected chi connectivity index (χ3v) is 7.64. The molecule has 3 atom stereocenters. The van der Waals surface area contributed by atoms with Gasteiger partial charge >= 0.3 is 5.97 Å². The molecule has 1 heterocycles. The van der Waals surface area contributed by atoms with Gasteiger partial charge in [0.05, 0.1) is 34.6 Å². The topological polar surface area (TPSA) is 88.1 Å². The fraction of sp³-hybridized carbons (Fsp3) is 0.583. The van der Waals surface area contributed by atoms with Crippen LogP contribution in [0.15, 0.2) is 45.3 Å². The van der Waals surface area contributed by atoms with Crippen molar-refractivity contribution in [1.29, 1.82) is 0 Å². The van der Waals surface area contributed by atoms with E-state index >= 15 is 0 Å². The van der Waals surface area contributed by atoms with Gasteiger partial charge in [0.25, 0.3) is 0 Å². The molecular formula is C24H32Cl2N2O5S. The number of halogens is 2. The smallest absolute Gasteiger partial charge is 0.335 e. The predicted octanol–water partition coefficient (Wildman–Crippen LogP) is 3.89. The maximum atomic E-state index is 12.3. The summed E-state index contributed by atoms with van der Waals surface area (Å²) in [6.07, 6.45) is 10.8. The molecule has 3 aliphatic rings. The average molecular weight is 532 g/mol. The van der Waals surface area contributed by atoms with Crippen LogP contribution in [-0.4, -0.2) is 78.2 Å². The van der Waals surface area contributed by atoms with Crippen LogP contribution in [0.4, 0.5) is 0 Å². The molecule has 2 unspecified atom stereocenters. The Labute approximate surface area is 215 Å². The number of nitrogens with one attached hydrogen (secondary N) is 1. The quantitative estimate of drug-likeness (QED) is 0.442. The Kier molecular flexibility index (Phi) is 10.1. The normalized spacial score (nSPS) is 25.9. The van der Waals surface area contributed by atoms with Crippen LogP contribution in [0, 0.1) is 5.92 Å². The number of carboxylic acids is 1. The zero-order valence-corrected chi connectivity index (χ0v) is 21.8. The van der Waals surface area contributed by atoms with Gasteiger partial charge in [-0.2, -0.15) is 0 Å². The third kappa shape index (κ3) is 8.43. The number of carboxylic acid groups (broad SMARTS) is 1. The van der Waals surface area contributed by atoms with Gasteiger partial charge in [-0.1, -0.05) is 53.6 Å². The van der Waals surface area contributed by atoms with Gasteiger partial charge in [0.15, 0.2) is 5.60 Å². The molecule has 7 nitrogen and oxygen atoms in total. The molecule has 1 amide bonds. The van der Waals surface area contributed by atoms with Gasteiger partial charge in [-0.15, -0.1) is 11.8 Å². The van der Waals surface area contributed by atoms with Crippen LogP contribution in [0.1, 0.15) is 26.7 Å². The van der Waals surface area contributed by atoms with Crippen molar-refractivity contribution in [3.8, 4) is 0 Å². The first kappa shape index (κ1) is 27.3. The second-order valence-corrected chi connectivity index (χ2v) is 10.9. The van der Waals surface area contributed by atoms with E-state index in [1.54, 1.807) is 0 Å². The fourth-order valence-electron chi connectivity index (χ4n) is 3.87. The second-order valence-electron chi connectivity index (χ2n) is 9.08. The number of carbonyl (C=O) groups excluding carboxylic acids is 1. The lowest BCUT2D eigenvalue weighted by atomic mass is 9.99. The van der Waals surface area contributed by atoms with Crippen LogP contribution in [0.5, 0.6) is 0 Å². The van der Waals surface area contributed by atoms with Gasteiger partial charge in [0, 0.05) is 31.1 Å². The summed E-state index contributed by atoms with van der Waals surface area (Å²) in [7, 11) is 0. The summed E-state index contributed by atoms with van der Waals surface area (Å²) in [5, 5.41) is 13.4. The minimum Gasteiger partial charge on any atom is -0.479 e. The summed E-state index contributed by atoms with van der Waals surface area (Å²) in [5.41, 5.74) is -1.24. The van der Waals surface area contributed by atoms with E-state index in [0.717, 1.165) is 31.0 Å². The summed E-state index contributed by atoms with van der Waals surface area (Å²) in [6, 6.07) is 0. The lowest BCUT2D eigenvalue weighted by molar-refractivity contribution is -0.165. The van der Waals surface area contributed by atoms with Crippen molar-refractivity contribution in [3.63, 3.8) is 0 Å². The summed E-state index contributed by atoms with van der Waals surface area (Å²) in [6.45, 7) is 6.67. The molecule has 0 bridgehead atoms. The number of carbonyl (C=O) groups is 2. The molecule has 34 heavy (non-hydrogen) atoms. The number of ether oxygens (including phenoxy) is 2. The van der Waals surface area contributed by atoms with Gasteiger partial charge in [-0.05, 0) is 32.6 Å². The van der Waals surface area contributed by atoms with Crippen molar-refractivity contribution in [2.24, 2.45) is 5.92 Å². The number of aliphatic carboxylic acids is 1. The van der Waals surface area contributed by atoms with Crippen molar-refractivity contribution in [2.75, 3.05) is 38.5 Å². The number of thioether (sulfide) groups is 1. The van der Waals surface area contributed by atoms with Crippen molar-refractivity contribution in [3.05, 3.63) is 45.3 Å². The van der Waals surface area contributed by atoms with Gasteiger partial charge in [-0.3, -0.25) is 9.69 Å². The van der Waals surface area contributed by atoms with E-state index < -0.39 is 11.6 Å². The fourth-order valence-corrected chi connectivity index (χ4v) is 5.06. The monoisotopic (exact) mass is 530 g/mol. The zero-order valence-electron chi connectivity index (χ0n) is 19.5. The largest absolute Gasteiger partial charge is 0.479 e. The number of amides is 1. The molecule has 10 heteroatoms. The van der Waals surface area contributed by atoms with Gasteiger partial charge in [0.2, 0.25) is 5.91 Å². The highest BCUT2D eigenvalue weighted by Crippen LogP contribution is 2.29. The van der Waals surface area contributed by atoms with Crippen LogP contribution in [0.3, 0.4) is 0 Å². The molecule has 2 aliphatic carbocycles. The molecule has 3 rings (SSSR count). The number of hydrogen-bond donors (Lipinski definition) is 2. The van der Waals surface area contributed by atoms with Crippen molar-refractivity contribution < 1.29 is 24.2 Å². The molecule has 1 fully saturated rings. The number of rotatable bonds is 10. The second kappa shape index (κ2) is 12.6. The van der Waals surface area contributed by atoms with E-state index in [1.807, 2.05) is 30.4 Å². The molecule has 188 valence electrons. The summed E-state index contributed by atoms with van der Waals surface area (Å²) in [4.78, 5) is 26.9. The van der Waals surface area contributed by atoms with Crippen molar-refractivity contribution >= 4 is 46.8 Å². The lowest BCUT2D eigenvalue weighted by Crippen LogP contribution is -2.48. The van der Waals surface area contributed by atoms with E-state index in [-0.39, 0.29) is 18.1 Å². The highest BCUT2D eigenvalue weighted by molar-refractivity contribution is 8.03. The number of hydrogen-bond acceptors (Lipinski definition) is 6. The van der Waals surface area contributed by atoms with Crippen molar-refractivity contribution in [1.82, 2.24) is 10.2 Å². The molecule has 0 aromatic heterocycles. The number of nitrogens with zero attached hydrogens (tertiary/aromatic N) is 1. The van der Waals surface area contributed by atoms with Crippen LogP contribution in [-0.2, 0) is 19.1 Å².